The number of fused-ring (bicyclic) bond motifs is 1. The molecule has 0 saturated heterocycles. The zero-order valence-corrected chi connectivity index (χ0v) is 21.2. The number of nitrogens with one attached hydrogen (secondary N) is 2. The quantitative estimate of drug-likeness (QED) is 0.286. The highest BCUT2D eigenvalue weighted by Gasteiger charge is 2.23. The molecule has 0 atom stereocenters. The van der Waals surface area contributed by atoms with Crippen molar-refractivity contribution in [3.63, 3.8) is 0 Å². The molecule has 0 radical (unpaired) electrons. The highest BCUT2D eigenvalue weighted by atomic mass is 35.5. The summed E-state index contributed by atoms with van der Waals surface area (Å²) in [7, 11) is 0. The van der Waals surface area contributed by atoms with E-state index in [1.807, 2.05) is 42.5 Å². The summed E-state index contributed by atoms with van der Waals surface area (Å²) in [5.41, 5.74) is 2.50. The fourth-order valence-corrected chi connectivity index (χ4v) is 5.74. The van der Waals surface area contributed by atoms with Crippen molar-refractivity contribution in [1.29, 1.82) is 0 Å². The Morgan fingerprint density at radius 3 is 2.46 bits per heavy atom. The fourth-order valence-electron chi connectivity index (χ4n) is 4.40. The van der Waals surface area contributed by atoms with Crippen molar-refractivity contribution < 1.29 is 9.59 Å². The maximum Gasteiger partial charge on any atom is 0.261 e. The number of nitrogens with zero attached hydrogens (tertiary/aromatic N) is 2. The monoisotopic (exact) mass is 526 g/mol. The molecule has 0 spiro atoms. The van der Waals surface area contributed by atoms with Crippen LogP contribution >= 0.6 is 34.5 Å². The van der Waals surface area contributed by atoms with Gasteiger partial charge in [0, 0.05) is 30.0 Å². The van der Waals surface area contributed by atoms with Crippen LogP contribution in [0.25, 0.3) is 27.2 Å². The van der Waals surface area contributed by atoms with E-state index in [1.165, 1.54) is 11.3 Å². The zero-order chi connectivity index (χ0) is 24.4. The van der Waals surface area contributed by atoms with Gasteiger partial charge in [0.15, 0.2) is 0 Å². The Morgan fingerprint density at radius 1 is 0.971 bits per heavy atom. The molecule has 9 heteroatoms. The van der Waals surface area contributed by atoms with Crippen LogP contribution in [0.3, 0.4) is 0 Å². The molecule has 1 aliphatic rings. The molecule has 2 aromatic carbocycles. The third-order valence-corrected chi connectivity index (χ3v) is 8.06. The van der Waals surface area contributed by atoms with E-state index in [2.05, 4.69) is 10.6 Å². The zero-order valence-electron chi connectivity index (χ0n) is 18.9. The molecule has 1 saturated carbocycles. The van der Waals surface area contributed by atoms with Gasteiger partial charge < -0.3 is 10.6 Å². The third-order valence-electron chi connectivity index (χ3n) is 6.21. The van der Waals surface area contributed by atoms with Gasteiger partial charge >= 0.3 is 0 Å². The average molecular weight is 527 g/mol. The van der Waals surface area contributed by atoms with Crippen molar-refractivity contribution in [2.45, 2.75) is 25.7 Å². The molecule has 1 fully saturated rings. The Hall–Kier alpha value is -2.87. The van der Waals surface area contributed by atoms with Crippen LogP contribution in [0, 0.1) is 5.92 Å². The van der Waals surface area contributed by atoms with Gasteiger partial charge in [0.05, 0.1) is 20.6 Å². The maximum atomic E-state index is 12.9. The topological polar surface area (TPSA) is 76.0 Å². The van der Waals surface area contributed by atoms with Gasteiger partial charge in [-0.15, -0.1) is 11.3 Å². The van der Waals surface area contributed by atoms with Gasteiger partial charge in [-0.2, -0.15) is 5.10 Å². The highest BCUT2D eigenvalue weighted by Crippen LogP contribution is 2.36. The van der Waals surface area contributed by atoms with Crippen molar-refractivity contribution >= 4 is 56.6 Å². The first-order chi connectivity index (χ1) is 17.0. The molecule has 2 N–H and O–H groups in total. The number of amides is 2. The Labute approximate surface area is 217 Å². The summed E-state index contributed by atoms with van der Waals surface area (Å²) >= 11 is 13.7. The molecule has 35 heavy (non-hydrogen) atoms. The Bertz CT molecular complexity index is 1380. The predicted molar refractivity (Wildman–Crippen MR) is 142 cm³/mol. The number of thiophene rings is 1. The number of halogens is 2. The van der Waals surface area contributed by atoms with Crippen LogP contribution in [-0.2, 0) is 4.79 Å². The van der Waals surface area contributed by atoms with Gasteiger partial charge in [0.1, 0.15) is 10.5 Å². The molecule has 0 aliphatic heterocycles. The SMILES string of the molecule is O=C(NCCNC(=O)C1CCCC1)c1cc2c(-c3ccccc3)nn(-c3ccc(Cl)c(Cl)c3)c2s1. The number of rotatable bonds is 7. The van der Waals surface area contributed by atoms with Crippen molar-refractivity contribution in [3.8, 4) is 16.9 Å². The molecule has 1 aliphatic carbocycles. The molecule has 0 unspecified atom stereocenters. The lowest BCUT2D eigenvalue weighted by Crippen LogP contribution is -2.36. The summed E-state index contributed by atoms with van der Waals surface area (Å²) in [5.74, 6) is 0.0304. The molecule has 0 bridgehead atoms. The van der Waals surface area contributed by atoms with Crippen molar-refractivity contribution in [2.75, 3.05) is 13.1 Å². The third kappa shape index (κ3) is 5.08. The van der Waals surface area contributed by atoms with Crippen molar-refractivity contribution in [3.05, 3.63) is 69.5 Å². The predicted octanol–water partition coefficient (Wildman–Crippen LogP) is 6.10. The number of hydrogen-bond donors (Lipinski definition) is 2. The molecular formula is C26H24Cl2N4O2S. The molecule has 2 amide bonds. The van der Waals surface area contributed by atoms with Gasteiger partial charge in [-0.1, -0.05) is 66.4 Å². The van der Waals surface area contributed by atoms with E-state index in [0.29, 0.717) is 28.0 Å². The standard InChI is InChI=1S/C26H24Cl2N4O2S/c27-20-11-10-18(14-21(20)28)32-26-19(23(31-32)16-6-2-1-3-7-16)15-22(35-26)25(34)30-13-12-29-24(33)17-8-4-5-9-17/h1-3,6-7,10-11,14-15,17H,4-5,8-9,12-13H2,(H,29,33)(H,30,34). The lowest BCUT2D eigenvalue weighted by atomic mass is 10.1. The first-order valence-electron chi connectivity index (χ1n) is 11.6. The number of aromatic nitrogens is 2. The largest absolute Gasteiger partial charge is 0.354 e. The summed E-state index contributed by atoms with van der Waals surface area (Å²) in [4.78, 5) is 26.5. The minimum absolute atomic E-state index is 0.0906. The van der Waals surface area contributed by atoms with E-state index in [-0.39, 0.29) is 17.7 Å². The number of carbonyl (C=O) groups is 2. The fraction of sp³-hybridized carbons (Fsp3) is 0.269. The second kappa shape index (κ2) is 10.4. The van der Waals surface area contributed by atoms with E-state index in [9.17, 15) is 9.59 Å². The normalized spacial score (nSPS) is 13.9. The van der Waals surface area contributed by atoms with Crippen LogP contribution in [-0.4, -0.2) is 34.7 Å². The van der Waals surface area contributed by atoms with Crippen LogP contribution in [0.2, 0.25) is 10.0 Å². The van der Waals surface area contributed by atoms with E-state index >= 15 is 0 Å². The molecule has 180 valence electrons. The summed E-state index contributed by atoms with van der Waals surface area (Å²) in [6.07, 6.45) is 4.15. The molecule has 2 heterocycles. The van der Waals surface area contributed by atoms with Crippen LogP contribution in [0.15, 0.2) is 54.6 Å². The van der Waals surface area contributed by atoms with Gasteiger partial charge in [0.25, 0.3) is 5.91 Å². The number of benzene rings is 2. The molecule has 6 nitrogen and oxygen atoms in total. The Kier molecular flexibility index (Phi) is 7.09. The smallest absolute Gasteiger partial charge is 0.261 e. The molecule has 2 aromatic heterocycles. The first-order valence-corrected chi connectivity index (χ1v) is 13.2. The second-order valence-electron chi connectivity index (χ2n) is 8.58. The van der Waals surface area contributed by atoms with Crippen LogP contribution in [0.5, 0.6) is 0 Å². The van der Waals surface area contributed by atoms with Gasteiger partial charge in [-0.05, 0) is 37.1 Å². The maximum absolute atomic E-state index is 12.9. The lowest BCUT2D eigenvalue weighted by molar-refractivity contribution is -0.124. The first kappa shape index (κ1) is 23.9. The molecular weight excluding hydrogens is 503 g/mol. The van der Waals surface area contributed by atoms with E-state index < -0.39 is 0 Å². The lowest BCUT2D eigenvalue weighted by Gasteiger charge is -2.10. The van der Waals surface area contributed by atoms with Crippen molar-refractivity contribution in [1.82, 2.24) is 20.4 Å². The summed E-state index contributed by atoms with van der Waals surface area (Å²) in [6, 6.07) is 17.1. The second-order valence-corrected chi connectivity index (χ2v) is 10.4. The Balaban J connectivity index is 1.38. The van der Waals surface area contributed by atoms with E-state index in [4.69, 9.17) is 28.3 Å². The van der Waals surface area contributed by atoms with Crippen LogP contribution in [0.1, 0.15) is 35.4 Å². The summed E-state index contributed by atoms with van der Waals surface area (Å²) < 4.78 is 1.79. The van der Waals surface area contributed by atoms with Gasteiger partial charge in [-0.3, -0.25) is 9.59 Å². The number of carbonyl (C=O) groups excluding carboxylic acids is 2. The van der Waals surface area contributed by atoms with Gasteiger partial charge in [-0.25, -0.2) is 4.68 Å². The van der Waals surface area contributed by atoms with E-state index in [1.54, 1.807) is 16.8 Å². The summed E-state index contributed by atoms with van der Waals surface area (Å²) in [5, 5.41) is 12.5. The Morgan fingerprint density at radius 2 is 1.71 bits per heavy atom. The van der Waals surface area contributed by atoms with Gasteiger partial charge in [0.2, 0.25) is 5.91 Å². The minimum Gasteiger partial charge on any atom is -0.354 e. The van der Waals surface area contributed by atoms with E-state index in [0.717, 1.165) is 52.8 Å². The minimum atomic E-state index is -0.180. The van der Waals surface area contributed by atoms with Crippen LogP contribution in [0.4, 0.5) is 0 Å². The number of hydrogen-bond acceptors (Lipinski definition) is 4. The highest BCUT2D eigenvalue weighted by molar-refractivity contribution is 7.20. The van der Waals surface area contributed by atoms with Crippen LogP contribution < -0.4 is 10.6 Å². The average Bonchev–Trinajstić information content (AvgIpc) is 3.61. The molecule has 4 aromatic rings. The summed E-state index contributed by atoms with van der Waals surface area (Å²) in [6.45, 7) is 0.786. The van der Waals surface area contributed by atoms with Crippen molar-refractivity contribution in [2.24, 2.45) is 5.92 Å². The molecule has 5 rings (SSSR count).